The molecule has 413 valence electrons. The molecule has 0 fully saturated rings. The molecule has 1 radical (unpaired) electrons. The lowest BCUT2D eigenvalue weighted by atomic mass is 9.69. The van der Waals surface area contributed by atoms with E-state index in [-0.39, 0.29) is 85.3 Å². The van der Waals surface area contributed by atoms with Gasteiger partial charge in [-0.05, 0) is 73.1 Å². The summed E-state index contributed by atoms with van der Waals surface area (Å²) in [4.78, 5) is 96.2. The van der Waals surface area contributed by atoms with Crippen LogP contribution in [0, 0.1) is 42.4 Å². The zero-order chi connectivity index (χ0) is 56.0. The summed E-state index contributed by atoms with van der Waals surface area (Å²) in [5.74, 6) is 2.31. The summed E-state index contributed by atoms with van der Waals surface area (Å²) < 4.78 is 20.7. The van der Waals surface area contributed by atoms with Crippen molar-refractivity contribution in [3.63, 3.8) is 0 Å². The average Bonchev–Trinajstić information content (AvgIpc) is 3.32. The van der Waals surface area contributed by atoms with Gasteiger partial charge in [0.15, 0.2) is 30.6 Å². The van der Waals surface area contributed by atoms with Gasteiger partial charge in [-0.25, -0.2) is 0 Å². The topological polar surface area (TPSA) is 365 Å². The number of ketones is 3. The predicted octanol–water partition coefficient (Wildman–Crippen LogP) is 5.29. The van der Waals surface area contributed by atoms with E-state index in [1.54, 1.807) is 34.6 Å². The number of rotatable bonds is 31. The van der Waals surface area contributed by atoms with E-state index in [1.165, 1.54) is 7.28 Å². The Kier molecular flexibility index (Phi) is 48.3. The molecule has 0 spiro atoms. The van der Waals surface area contributed by atoms with Crippen molar-refractivity contribution in [1.82, 2.24) is 56.7 Å². The van der Waals surface area contributed by atoms with Crippen molar-refractivity contribution < 1.29 is 51.9 Å². The number of unbranched alkanes of at least 4 members (excludes halogenated alkanes) is 3. The van der Waals surface area contributed by atoms with Gasteiger partial charge in [0.05, 0.1) is 6.19 Å². The number of amidine groups is 1. The van der Waals surface area contributed by atoms with Gasteiger partial charge in [0.25, 0.3) is 12.1 Å². The first-order chi connectivity index (χ1) is 34.4. The number of aryl methyl sites for hydroxylation is 4. The molecule has 74 heavy (non-hydrogen) atoms. The number of halogens is 2. The van der Waals surface area contributed by atoms with Gasteiger partial charge in [0.1, 0.15) is 29.5 Å². The molecule has 3 atom stereocenters. The fourth-order valence-electron chi connectivity index (χ4n) is 5.36. The van der Waals surface area contributed by atoms with Gasteiger partial charge in [0, 0.05) is 89.8 Å². The van der Waals surface area contributed by atoms with Crippen molar-refractivity contribution in [3.8, 4) is 0 Å². The van der Waals surface area contributed by atoms with E-state index >= 15 is 0 Å². The lowest BCUT2D eigenvalue weighted by Gasteiger charge is -2.11. The maximum atomic E-state index is 11.7. The maximum absolute atomic E-state index is 11.7. The molecule has 0 aliphatic rings. The third-order valence-corrected chi connectivity index (χ3v) is 9.77. The van der Waals surface area contributed by atoms with Crippen LogP contribution in [0.2, 0.25) is 6.32 Å². The van der Waals surface area contributed by atoms with Crippen LogP contribution in [0.25, 0.3) is 0 Å². The predicted molar refractivity (Wildman–Crippen MR) is 274 cm³/mol. The summed E-state index contributed by atoms with van der Waals surface area (Å²) in [5.41, 5.74) is 0. The fraction of sp³-hybridized carbons (Fsp3) is 0.681. The van der Waals surface area contributed by atoms with Crippen LogP contribution in [0.4, 0.5) is 8.78 Å². The molecular formula is C47H79BF2N15O9. The minimum absolute atomic E-state index is 0. The average molecular weight is 1050 g/mol. The highest BCUT2D eigenvalue weighted by Crippen LogP contribution is 2.14. The van der Waals surface area contributed by atoms with E-state index in [0.717, 1.165) is 84.2 Å². The highest BCUT2D eigenvalue weighted by atomic mass is 19.1. The number of carbonyl (C=O) groups excluding carboxylic acids is 9. The molecule has 0 aliphatic heterocycles. The summed E-state index contributed by atoms with van der Waals surface area (Å²) in [6.45, 7) is 15.5. The van der Waals surface area contributed by atoms with Crippen molar-refractivity contribution in [1.29, 1.82) is 10.8 Å². The molecular weight excluding hydrogens is 967 g/mol. The third-order valence-electron chi connectivity index (χ3n) is 9.77. The van der Waals surface area contributed by atoms with E-state index in [9.17, 15) is 42.3 Å². The Bertz CT molecular complexity index is 1980. The Hall–Kier alpha value is -6.83. The number of carbonyl (C=O) groups is 9. The first-order valence-corrected chi connectivity index (χ1v) is 23.9. The molecule has 0 aromatic carbocycles. The monoisotopic (exact) mass is 1050 g/mol. The SMILES string of the molecule is C.CC(=O)C(C)CCCCNC(=O)CCC(=N)N=NC=N.CC(=O)C(C)CCCCNC(=O)CCc1nnc(C)nn1.CC(=O)C(C[B]C=O)CCCCNC(=O)CCc1nnc(C)nn1.CC(=O)F.CC(=O)F. The first-order valence-electron chi connectivity index (χ1n) is 23.9. The molecule has 0 bridgehead atoms. The summed E-state index contributed by atoms with van der Waals surface area (Å²) in [6.07, 6.45) is 11.5. The second kappa shape index (κ2) is 48.4. The molecule has 3 amide bonds. The summed E-state index contributed by atoms with van der Waals surface area (Å²) in [5, 5.41) is 59.6. The molecule has 2 aromatic heterocycles. The van der Waals surface area contributed by atoms with Crippen LogP contribution in [0.1, 0.15) is 163 Å². The number of nitrogens with zero attached hydrogens (tertiary/aromatic N) is 10. The van der Waals surface area contributed by atoms with Crippen LogP contribution in [0.15, 0.2) is 10.2 Å². The van der Waals surface area contributed by atoms with E-state index in [0.29, 0.717) is 68.5 Å². The Morgan fingerprint density at radius 3 is 1.26 bits per heavy atom. The highest BCUT2D eigenvalue weighted by Gasteiger charge is 2.14. The summed E-state index contributed by atoms with van der Waals surface area (Å²) in [7, 11) is 1.48. The van der Waals surface area contributed by atoms with Gasteiger partial charge in [-0.1, -0.05) is 46.9 Å². The number of aromatic nitrogens is 8. The standard InChI is InChI=1S/C15H23BN5O3.C14H23N5O2.C13H23N5O2.2C2H3FO.CH4/c1-11(23)13(9-16-10-22)5-3-4-8-17-15(24)7-6-14-20-18-12(2)19-21-14;1-10(11(2)20)6-4-5-9-15-14(21)8-7-13-18-16-12(3)17-19-13;1-10(11(2)19)5-3-4-8-16-13(20)7-6-12(15)18-17-9-14;2*1-2(3)4;/h10,13H,3-9H2,1-2H3,(H,17,24);10H,4-9H2,1-3H3,(H,15,21);9-10,14-15H,3-8H2,1-2H3,(H,16,20);2*1H3;1H4. The van der Waals surface area contributed by atoms with Crippen LogP contribution in [0.5, 0.6) is 0 Å². The Labute approximate surface area is 434 Å². The summed E-state index contributed by atoms with van der Waals surface area (Å²) >= 11 is 0. The minimum Gasteiger partial charge on any atom is -0.356 e. The van der Waals surface area contributed by atoms with Crippen molar-refractivity contribution in [2.75, 3.05) is 19.6 Å². The lowest BCUT2D eigenvalue weighted by Crippen LogP contribution is -2.25. The van der Waals surface area contributed by atoms with Gasteiger partial charge >= 0.3 is 0 Å². The largest absolute Gasteiger partial charge is 0.356 e. The van der Waals surface area contributed by atoms with E-state index in [2.05, 4.69) is 67.0 Å². The van der Waals surface area contributed by atoms with Crippen molar-refractivity contribution in [2.45, 2.75) is 172 Å². The molecule has 24 nitrogen and oxygen atoms in total. The van der Waals surface area contributed by atoms with Crippen molar-refractivity contribution >= 4 is 72.8 Å². The van der Waals surface area contributed by atoms with Crippen LogP contribution in [-0.2, 0) is 56.0 Å². The second-order valence-electron chi connectivity index (χ2n) is 16.4. The van der Waals surface area contributed by atoms with E-state index in [4.69, 9.17) is 20.4 Å². The number of amides is 3. The van der Waals surface area contributed by atoms with Crippen molar-refractivity contribution in [2.24, 2.45) is 28.0 Å². The van der Waals surface area contributed by atoms with Crippen LogP contribution in [-0.4, -0.2) is 133 Å². The Balaban J connectivity index is -0.000000460. The molecule has 0 saturated carbocycles. The first kappa shape index (κ1) is 73.7. The number of hydrogen-bond donors (Lipinski definition) is 5. The maximum Gasteiger partial charge on any atom is 0.298 e. The van der Waals surface area contributed by atoms with Gasteiger partial charge in [-0.2, -0.15) is 8.78 Å². The zero-order valence-corrected chi connectivity index (χ0v) is 43.8. The van der Waals surface area contributed by atoms with Crippen LogP contribution >= 0.6 is 0 Å². The Morgan fingerprint density at radius 2 is 0.932 bits per heavy atom. The second-order valence-corrected chi connectivity index (χ2v) is 16.4. The van der Waals surface area contributed by atoms with Crippen molar-refractivity contribution in [3.05, 3.63) is 23.3 Å². The molecule has 2 aromatic rings. The van der Waals surface area contributed by atoms with E-state index in [1.807, 2.05) is 13.8 Å². The number of hydrogen-bond acceptors (Lipinski definition) is 19. The molecule has 27 heteroatoms. The molecule has 0 aliphatic carbocycles. The fourth-order valence-corrected chi connectivity index (χ4v) is 5.36. The molecule has 3 unspecified atom stereocenters. The normalized spacial score (nSPS) is 11.1. The Morgan fingerprint density at radius 1 is 0.581 bits per heavy atom. The number of Topliss-reactive ketones (excluding diaryl/α,β-unsaturated/α-hetero) is 3. The third kappa shape index (κ3) is 51.5. The molecule has 2 rings (SSSR count). The minimum atomic E-state index is -1.33. The van der Waals surface area contributed by atoms with Gasteiger partial charge in [-0.3, -0.25) is 49.2 Å². The van der Waals surface area contributed by atoms with Crippen LogP contribution in [0.3, 0.4) is 0 Å². The zero-order valence-electron chi connectivity index (χ0n) is 43.8. The molecule has 5 N–H and O–H groups in total. The van der Waals surface area contributed by atoms with E-state index < -0.39 is 12.1 Å². The van der Waals surface area contributed by atoms with Gasteiger partial charge in [0.2, 0.25) is 17.7 Å². The lowest BCUT2D eigenvalue weighted by molar-refractivity contribution is -0.127. The van der Waals surface area contributed by atoms with Gasteiger partial charge < -0.3 is 20.7 Å². The summed E-state index contributed by atoms with van der Waals surface area (Å²) in [6, 6.07) is -2.67. The molecule has 0 saturated heterocycles. The smallest absolute Gasteiger partial charge is 0.298 e. The highest BCUT2D eigenvalue weighted by molar-refractivity contribution is 6.66. The number of nitrogens with one attached hydrogen (secondary N) is 5. The quantitative estimate of drug-likeness (QED) is 0.0122. The molecule has 2 heterocycles. The van der Waals surface area contributed by atoms with Gasteiger partial charge in [-0.15, -0.1) is 51.0 Å². The van der Waals surface area contributed by atoms with Crippen LogP contribution < -0.4 is 16.0 Å². The number of azo groups is 1.